The van der Waals surface area contributed by atoms with Crippen LogP contribution in [0.2, 0.25) is 0 Å². The molecule has 0 spiro atoms. The van der Waals surface area contributed by atoms with E-state index in [-0.39, 0.29) is 11.4 Å². The third-order valence-corrected chi connectivity index (χ3v) is 6.07. The van der Waals surface area contributed by atoms with Crippen molar-refractivity contribution in [2.45, 2.75) is 77.6 Å². The highest BCUT2D eigenvalue weighted by Crippen LogP contribution is 2.30. The van der Waals surface area contributed by atoms with Crippen molar-refractivity contribution >= 4 is 0 Å². The molecular formula is C25H31F3. The van der Waals surface area contributed by atoms with Crippen LogP contribution in [0, 0.1) is 23.4 Å². The Morgan fingerprint density at radius 3 is 2.36 bits per heavy atom. The predicted octanol–water partition coefficient (Wildman–Crippen LogP) is 7.35. The number of halogens is 3. The SMILES string of the molecule is CCCCCCCc1cc(F)c(CCC2CCc3ccc(F)cc3C2)c(F)c1. The van der Waals surface area contributed by atoms with Crippen LogP contribution in [0.25, 0.3) is 0 Å². The molecule has 1 aliphatic rings. The van der Waals surface area contributed by atoms with Crippen LogP contribution in [0.5, 0.6) is 0 Å². The number of aryl methyl sites for hydroxylation is 2. The molecule has 2 aromatic rings. The van der Waals surface area contributed by atoms with Gasteiger partial charge in [0.1, 0.15) is 17.5 Å². The van der Waals surface area contributed by atoms with Crippen molar-refractivity contribution in [2.75, 3.05) is 0 Å². The van der Waals surface area contributed by atoms with E-state index in [1.165, 1.54) is 43.0 Å². The van der Waals surface area contributed by atoms with Crippen molar-refractivity contribution < 1.29 is 13.2 Å². The van der Waals surface area contributed by atoms with Gasteiger partial charge in [0.15, 0.2) is 0 Å². The Labute approximate surface area is 167 Å². The standard InChI is InChI=1S/C25H31F3/c1-2-3-4-5-6-7-19-15-24(27)23(25(28)16-19)13-9-18-8-10-20-11-12-22(26)17-21(20)14-18/h11-12,15-18H,2-10,13-14H2,1H3. The summed E-state index contributed by atoms with van der Waals surface area (Å²) in [5.74, 6) is -0.676. The van der Waals surface area contributed by atoms with Gasteiger partial charge in [-0.25, -0.2) is 13.2 Å². The molecule has 2 aromatic carbocycles. The molecule has 1 aliphatic carbocycles. The average Bonchev–Trinajstić information content (AvgIpc) is 2.67. The minimum absolute atomic E-state index is 0.207. The zero-order chi connectivity index (χ0) is 19.9. The van der Waals surface area contributed by atoms with Gasteiger partial charge in [-0.1, -0.05) is 38.7 Å². The lowest BCUT2D eigenvalue weighted by Crippen LogP contribution is -2.16. The molecule has 0 aliphatic heterocycles. The molecule has 0 radical (unpaired) electrons. The van der Waals surface area contributed by atoms with Crippen molar-refractivity contribution in [3.8, 4) is 0 Å². The highest BCUT2D eigenvalue weighted by Gasteiger charge is 2.20. The van der Waals surface area contributed by atoms with E-state index in [0.29, 0.717) is 12.3 Å². The maximum atomic E-state index is 14.5. The number of rotatable bonds is 9. The Morgan fingerprint density at radius 1 is 0.857 bits per heavy atom. The molecule has 0 N–H and O–H groups in total. The van der Waals surface area contributed by atoms with Crippen molar-refractivity contribution in [2.24, 2.45) is 5.92 Å². The van der Waals surface area contributed by atoms with Gasteiger partial charge < -0.3 is 0 Å². The van der Waals surface area contributed by atoms with Crippen molar-refractivity contribution in [3.63, 3.8) is 0 Å². The fourth-order valence-corrected chi connectivity index (χ4v) is 4.37. The van der Waals surface area contributed by atoms with Gasteiger partial charge >= 0.3 is 0 Å². The van der Waals surface area contributed by atoms with E-state index >= 15 is 0 Å². The van der Waals surface area contributed by atoms with E-state index in [2.05, 4.69) is 6.92 Å². The summed E-state index contributed by atoms with van der Waals surface area (Å²) in [5, 5.41) is 0. The summed E-state index contributed by atoms with van der Waals surface area (Å²) in [5.41, 5.74) is 3.23. The van der Waals surface area contributed by atoms with E-state index in [4.69, 9.17) is 0 Å². The molecule has 152 valence electrons. The van der Waals surface area contributed by atoms with Gasteiger partial charge in [-0.15, -0.1) is 0 Å². The van der Waals surface area contributed by atoms with Crippen LogP contribution in [-0.4, -0.2) is 0 Å². The Balaban J connectivity index is 1.54. The Kier molecular flexibility index (Phi) is 7.58. The third-order valence-electron chi connectivity index (χ3n) is 6.07. The van der Waals surface area contributed by atoms with Gasteiger partial charge in [0.25, 0.3) is 0 Å². The smallest absolute Gasteiger partial charge is 0.129 e. The molecule has 0 nitrogen and oxygen atoms in total. The molecular weight excluding hydrogens is 357 g/mol. The third kappa shape index (κ3) is 5.62. The molecule has 28 heavy (non-hydrogen) atoms. The van der Waals surface area contributed by atoms with Crippen molar-refractivity contribution in [3.05, 3.63) is 70.0 Å². The molecule has 1 atom stereocenters. The van der Waals surface area contributed by atoms with Crippen LogP contribution in [0.4, 0.5) is 13.2 Å². The Hall–Kier alpha value is -1.77. The van der Waals surface area contributed by atoms with Crippen LogP contribution in [0.15, 0.2) is 30.3 Å². The highest BCUT2D eigenvalue weighted by atomic mass is 19.1. The van der Waals surface area contributed by atoms with Gasteiger partial charge in [0, 0.05) is 5.56 Å². The summed E-state index contributed by atoms with van der Waals surface area (Å²) in [6.45, 7) is 2.17. The monoisotopic (exact) mass is 388 g/mol. The zero-order valence-electron chi connectivity index (χ0n) is 16.9. The molecule has 0 saturated heterocycles. The zero-order valence-corrected chi connectivity index (χ0v) is 16.9. The van der Waals surface area contributed by atoms with Crippen LogP contribution in [0.1, 0.15) is 74.1 Å². The van der Waals surface area contributed by atoms with Gasteiger partial charge in [0.2, 0.25) is 0 Å². The number of benzene rings is 2. The van der Waals surface area contributed by atoms with Crippen molar-refractivity contribution in [1.82, 2.24) is 0 Å². The Bertz CT molecular complexity index is 758. The maximum absolute atomic E-state index is 14.5. The second-order valence-electron chi connectivity index (χ2n) is 8.26. The number of hydrogen-bond acceptors (Lipinski definition) is 0. The van der Waals surface area contributed by atoms with Gasteiger partial charge in [0.05, 0.1) is 0 Å². The first-order valence-corrected chi connectivity index (χ1v) is 10.8. The second-order valence-corrected chi connectivity index (χ2v) is 8.26. The first kappa shape index (κ1) is 21.0. The lowest BCUT2D eigenvalue weighted by molar-refractivity contribution is 0.417. The number of hydrogen-bond donors (Lipinski definition) is 0. The molecule has 0 aromatic heterocycles. The van der Waals surface area contributed by atoms with E-state index in [1.54, 1.807) is 6.07 Å². The first-order chi connectivity index (χ1) is 13.6. The minimum Gasteiger partial charge on any atom is -0.207 e. The quantitative estimate of drug-likeness (QED) is 0.394. The van der Waals surface area contributed by atoms with E-state index in [1.807, 2.05) is 6.07 Å². The first-order valence-electron chi connectivity index (χ1n) is 10.8. The number of unbranched alkanes of at least 4 members (excludes halogenated alkanes) is 4. The summed E-state index contributed by atoms with van der Waals surface area (Å²) in [4.78, 5) is 0. The summed E-state index contributed by atoms with van der Waals surface area (Å²) in [6, 6.07) is 8.02. The molecule has 0 bridgehead atoms. The summed E-state index contributed by atoms with van der Waals surface area (Å²) < 4.78 is 42.5. The molecule has 0 saturated carbocycles. The lowest BCUT2D eigenvalue weighted by Gasteiger charge is -2.24. The highest BCUT2D eigenvalue weighted by molar-refractivity contribution is 5.31. The van der Waals surface area contributed by atoms with E-state index in [9.17, 15) is 13.2 Å². The molecule has 0 heterocycles. The maximum Gasteiger partial charge on any atom is 0.129 e. The van der Waals surface area contributed by atoms with Crippen LogP contribution >= 0.6 is 0 Å². The fourth-order valence-electron chi connectivity index (χ4n) is 4.37. The van der Waals surface area contributed by atoms with E-state index < -0.39 is 11.6 Å². The normalized spacial score (nSPS) is 16.2. The van der Waals surface area contributed by atoms with Gasteiger partial charge in [-0.05, 0) is 91.8 Å². The molecule has 0 fully saturated rings. The lowest BCUT2D eigenvalue weighted by atomic mass is 9.81. The van der Waals surface area contributed by atoms with Crippen molar-refractivity contribution in [1.29, 1.82) is 0 Å². The van der Waals surface area contributed by atoms with E-state index in [0.717, 1.165) is 56.1 Å². The van der Waals surface area contributed by atoms with Crippen LogP contribution in [0.3, 0.4) is 0 Å². The number of fused-ring (bicyclic) bond motifs is 1. The fraction of sp³-hybridized carbons (Fsp3) is 0.520. The summed E-state index contributed by atoms with van der Waals surface area (Å²) in [6.07, 6.45) is 10.3. The average molecular weight is 389 g/mol. The van der Waals surface area contributed by atoms with Crippen LogP contribution < -0.4 is 0 Å². The van der Waals surface area contributed by atoms with Gasteiger partial charge in [-0.2, -0.15) is 0 Å². The summed E-state index contributed by atoms with van der Waals surface area (Å²) >= 11 is 0. The Morgan fingerprint density at radius 2 is 1.61 bits per heavy atom. The summed E-state index contributed by atoms with van der Waals surface area (Å²) in [7, 11) is 0. The molecule has 0 amide bonds. The van der Waals surface area contributed by atoms with Crippen LogP contribution in [-0.2, 0) is 25.7 Å². The minimum atomic E-state index is -0.411. The van der Waals surface area contributed by atoms with Gasteiger partial charge in [-0.3, -0.25) is 0 Å². The molecule has 1 unspecified atom stereocenters. The topological polar surface area (TPSA) is 0 Å². The molecule has 3 rings (SSSR count). The largest absolute Gasteiger partial charge is 0.207 e. The molecule has 3 heteroatoms. The second kappa shape index (κ2) is 10.1. The predicted molar refractivity (Wildman–Crippen MR) is 109 cm³/mol.